The van der Waals surface area contributed by atoms with Crippen molar-refractivity contribution in [2.24, 2.45) is 5.92 Å². The van der Waals surface area contributed by atoms with Crippen LogP contribution in [0.25, 0.3) is 11.1 Å². The van der Waals surface area contributed by atoms with Crippen molar-refractivity contribution in [3.8, 4) is 11.5 Å². The molecule has 1 aromatic carbocycles. The molecule has 4 heterocycles. The monoisotopic (exact) mass is 463 g/mol. The van der Waals surface area contributed by atoms with Gasteiger partial charge in [-0.25, -0.2) is 0 Å². The third kappa shape index (κ3) is 3.27. The van der Waals surface area contributed by atoms with Crippen LogP contribution in [0.15, 0.2) is 41.0 Å². The Balaban J connectivity index is 1.37. The molecule has 8 nitrogen and oxygen atoms in total. The Hall–Kier alpha value is -3.42. The lowest BCUT2D eigenvalue weighted by Gasteiger charge is -2.45. The molecule has 2 aliphatic heterocycles. The number of carbonyl (C=O) groups excluding carboxylic acids is 2. The fourth-order valence-electron chi connectivity index (χ4n) is 5.60. The summed E-state index contributed by atoms with van der Waals surface area (Å²) in [5, 5.41) is 3.31. The third-order valence-electron chi connectivity index (χ3n) is 7.74. The number of hydrogen-bond donors (Lipinski definition) is 1. The predicted octanol–water partition coefficient (Wildman–Crippen LogP) is 4.07. The van der Waals surface area contributed by atoms with Crippen LogP contribution in [-0.4, -0.2) is 39.7 Å². The summed E-state index contributed by atoms with van der Waals surface area (Å²) in [5.74, 6) is 1.46. The molecule has 8 heteroatoms. The van der Waals surface area contributed by atoms with E-state index in [1.165, 1.54) is 6.42 Å². The maximum absolute atomic E-state index is 13.9. The second-order valence-corrected chi connectivity index (χ2v) is 9.98. The van der Waals surface area contributed by atoms with E-state index in [-0.39, 0.29) is 31.2 Å². The van der Waals surface area contributed by atoms with Crippen LogP contribution in [0.3, 0.4) is 0 Å². The van der Waals surface area contributed by atoms with Crippen LogP contribution in [0, 0.1) is 5.92 Å². The maximum atomic E-state index is 13.9. The highest BCUT2D eigenvalue weighted by atomic mass is 16.7. The van der Waals surface area contributed by atoms with E-state index in [4.69, 9.17) is 13.9 Å². The topological polar surface area (TPSA) is 85.9 Å². The molecular weight excluding hydrogens is 434 g/mol. The lowest BCUT2D eigenvalue weighted by molar-refractivity contribution is -0.134. The Morgan fingerprint density at radius 1 is 1.15 bits per heavy atom. The summed E-state index contributed by atoms with van der Waals surface area (Å²) < 4.78 is 18.4. The maximum Gasteiger partial charge on any atom is 0.271 e. The molecule has 1 saturated carbocycles. The van der Waals surface area contributed by atoms with Crippen LogP contribution in [0.1, 0.15) is 55.6 Å². The first-order valence-electron chi connectivity index (χ1n) is 12.0. The van der Waals surface area contributed by atoms with Crippen LogP contribution < -0.4 is 14.8 Å². The predicted molar refractivity (Wildman–Crippen MR) is 125 cm³/mol. The summed E-state index contributed by atoms with van der Waals surface area (Å²) >= 11 is 0. The summed E-state index contributed by atoms with van der Waals surface area (Å²) in [6, 6.07) is 9.40. The quantitative estimate of drug-likeness (QED) is 0.630. The molecule has 1 N–H and O–H groups in total. The molecule has 0 unspecified atom stereocenters. The average Bonchev–Trinajstić information content (AvgIpc) is 3.55. The zero-order chi connectivity index (χ0) is 23.4. The van der Waals surface area contributed by atoms with Gasteiger partial charge in [0.1, 0.15) is 11.2 Å². The van der Waals surface area contributed by atoms with E-state index in [0.29, 0.717) is 35.2 Å². The smallest absolute Gasteiger partial charge is 0.271 e. The van der Waals surface area contributed by atoms with Crippen molar-refractivity contribution in [2.75, 3.05) is 6.79 Å². The molecule has 0 bridgehead atoms. The van der Waals surface area contributed by atoms with Gasteiger partial charge in [-0.15, -0.1) is 0 Å². The van der Waals surface area contributed by atoms with Crippen LogP contribution in [-0.2, 0) is 17.9 Å². The van der Waals surface area contributed by atoms with Crippen LogP contribution in [0.4, 0.5) is 0 Å². The zero-order valence-corrected chi connectivity index (χ0v) is 19.5. The highest BCUT2D eigenvalue weighted by molar-refractivity contribution is 6.02. The SMILES string of the molecule is C[C@@H]1CCCC[C@H]1NC(=O)[C@@]1(C)Cn2c(cc3occc32)C(=O)N1Cc1ccc2c(c1)OCO2. The molecule has 178 valence electrons. The first-order valence-corrected chi connectivity index (χ1v) is 12.0. The van der Waals surface area contributed by atoms with E-state index < -0.39 is 5.54 Å². The van der Waals surface area contributed by atoms with E-state index in [9.17, 15) is 9.59 Å². The number of benzene rings is 1. The number of hydrogen-bond acceptors (Lipinski definition) is 5. The van der Waals surface area contributed by atoms with Gasteiger partial charge in [0.2, 0.25) is 12.7 Å². The minimum Gasteiger partial charge on any atom is -0.463 e. The van der Waals surface area contributed by atoms with Gasteiger partial charge in [0.25, 0.3) is 5.91 Å². The fourth-order valence-corrected chi connectivity index (χ4v) is 5.60. The molecule has 3 aromatic rings. The minimum atomic E-state index is -1.07. The molecule has 34 heavy (non-hydrogen) atoms. The summed E-state index contributed by atoms with van der Waals surface area (Å²) in [6.45, 7) is 4.89. The van der Waals surface area contributed by atoms with Crippen molar-refractivity contribution in [1.29, 1.82) is 0 Å². The molecule has 2 aromatic heterocycles. The number of furan rings is 1. The normalized spacial score (nSPS) is 26.1. The molecule has 6 rings (SSSR count). The number of nitrogens with one attached hydrogen (secondary N) is 1. The number of ether oxygens (including phenoxy) is 2. The summed E-state index contributed by atoms with van der Waals surface area (Å²) in [4.78, 5) is 29.4. The van der Waals surface area contributed by atoms with Gasteiger partial charge in [-0.05, 0) is 43.4 Å². The third-order valence-corrected chi connectivity index (χ3v) is 7.74. The van der Waals surface area contributed by atoms with E-state index in [2.05, 4.69) is 12.2 Å². The van der Waals surface area contributed by atoms with Gasteiger partial charge in [-0.1, -0.05) is 25.8 Å². The summed E-state index contributed by atoms with van der Waals surface area (Å²) in [6.07, 6.45) is 6.01. The highest BCUT2D eigenvalue weighted by Crippen LogP contribution is 2.37. The largest absolute Gasteiger partial charge is 0.463 e. The van der Waals surface area contributed by atoms with Gasteiger partial charge < -0.3 is 28.7 Å². The van der Waals surface area contributed by atoms with E-state index in [1.807, 2.05) is 35.8 Å². The summed E-state index contributed by atoms with van der Waals surface area (Å²) in [7, 11) is 0. The first kappa shape index (κ1) is 21.1. The zero-order valence-electron chi connectivity index (χ0n) is 19.5. The lowest BCUT2D eigenvalue weighted by atomic mass is 9.85. The van der Waals surface area contributed by atoms with Gasteiger partial charge in [-0.2, -0.15) is 0 Å². The molecule has 3 atom stereocenters. The van der Waals surface area contributed by atoms with Crippen molar-refractivity contribution < 1.29 is 23.5 Å². The number of nitrogens with zero attached hydrogens (tertiary/aromatic N) is 2. The second-order valence-electron chi connectivity index (χ2n) is 9.98. The van der Waals surface area contributed by atoms with Crippen LogP contribution in [0.2, 0.25) is 0 Å². The minimum absolute atomic E-state index is 0.115. The Labute approximate surface area is 197 Å². The molecular formula is C26H29N3O5. The van der Waals surface area contributed by atoms with E-state index in [0.717, 1.165) is 30.3 Å². The van der Waals surface area contributed by atoms with E-state index in [1.54, 1.807) is 17.2 Å². The second kappa shape index (κ2) is 7.82. The molecule has 1 aliphatic carbocycles. The Morgan fingerprint density at radius 2 is 1.97 bits per heavy atom. The van der Waals surface area contributed by atoms with Crippen LogP contribution in [0.5, 0.6) is 11.5 Å². The highest BCUT2D eigenvalue weighted by Gasteiger charge is 2.48. The Morgan fingerprint density at radius 3 is 2.82 bits per heavy atom. The standard InChI is InChI=1S/C26H29N3O5/c1-16-5-3-4-6-18(16)27-25(31)26(2)14-28-19-9-10-32-22(19)12-20(28)24(30)29(26)13-17-7-8-21-23(11-17)34-15-33-21/h7-12,16,18H,3-6,13-15H2,1-2H3,(H,27,31)/t16-,18-,26-/m1/s1. The lowest BCUT2D eigenvalue weighted by Crippen LogP contribution is -2.65. The van der Waals surface area contributed by atoms with Crippen molar-refractivity contribution in [3.05, 3.63) is 47.9 Å². The van der Waals surface area contributed by atoms with E-state index >= 15 is 0 Å². The summed E-state index contributed by atoms with van der Waals surface area (Å²) in [5.41, 5.74) is 1.83. The molecule has 3 aliphatic rings. The molecule has 0 saturated heterocycles. The number of aromatic nitrogens is 1. The van der Waals surface area contributed by atoms with Gasteiger partial charge in [0, 0.05) is 24.7 Å². The van der Waals surface area contributed by atoms with Crippen molar-refractivity contribution in [3.63, 3.8) is 0 Å². The fraction of sp³-hybridized carbons (Fsp3) is 0.462. The van der Waals surface area contributed by atoms with Crippen molar-refractivity contribution in [1.82, 2.24) is 14.8 Å². The van der Waals surface area contributed by atoms with Crippen molar-refractivity contribution >= 4 is 22.9 Å². The van der Waals surface area contributed by atoms with Gasteiger partial charge in [0.15, 0.2) is 17.1 Å². The molecule has 0 spiro atoms. The number of amides is 2. The number of carbonyl (C=O) groups is 2. The number of fused-ring (bicyclic) bond motifs is 4. The first-order chi connectivity index (χ1) is 16.4. The van der Waals surface area contributed by atoms with Gasteiger partial charge >= 0.3 is 0 Å². The molecule has 2 amide bonds. The van der Waals surface area contributed by atoms with Crippen LogP contribution >= 0.6 is 0 Å². The van der Waals surface area contributed by atoms with Crippen molar-refractivity contribution in [2.45, 2.75) is 64.2 Å². The Bertz CT molecular complexity index is 1280. The molecule has 0 radical (unpaired) electrons. The number of rotatable bonds is 4. The molecule has 1 fully saturated rings. The Kier molecular flexibility index (Phi) is 4.86. The van der Waals surface area contributed by atoms with Gasteiger partial charge in [0.05, 0.1) is 18.3 Å². The average molecular weight is 464 g/mol. The van der Waals surface area contributed by atoms with Gasteiger partial charge in [-0.3, -0.25) is 9.59 Å².